The third-order valence-electron chi connectivity index (χ3n) is 2.73. The lowest BCUT2D eigenvalue weighted by atomic mass is 10.1. The van der Waals surface area contributed by atoms with Crippen molar-refractivity contribution in [2.24, 2.45) is 0 Å². The van der Waals surface area contributed by atoms with Crippen molar-refractivity contribution in [3.8, 4) is 11.5 Å². The van der Waals surface area contributed by atoms with Crippen LogP contribution in [0, 0.1) is 5.82 Å². The van der Waals surface area contributed by atoms with E-state index < -0.39 is 0 Å². The predicted octanol–water partition coefficient (Wildman–Crippen LogP) is 4.17. The molecule has 0 aliphatic carbocycles. The fourth-order valence-electron chi connectivity index (χ4n) is 1.79. The number of benzene rings is 2. The van der Waals surface area contributed by atoms with Crippen molar-refractivity contribution in [2.45, 2.75) is 13.0 Å². The number of hydrogen-bond donors (Lipinski definition) is 3. The number of rotatable bonds is 3. The lowest BCUT2D eigenvalue weighted by Gasteiger charge is -2.17. The first-order valence-electron chi connectivity index (χ1n) is 5.70. The van der Waals surface area contributed by atoms with E-state index in [-0.39, 0.29) is 23.4 Å². The van der Waals surface area contributed by atoms with Gasteiger partial charge in [0.25, 0.3) is 0 Å². The molecule has 3 N–H and O–H groups in total. The van der Waals surface area contributed by atoms with Crippen LogP contribution in [-0.4, -0.2) is 10.2 Å². The number of phenolic OH excluding ortho intramolecular Hbond substituents is 2. The molecule has 100 valence electrons. The second kappa shape index (κ2) is 5.48. The topological polar surface area (TPSA) is 52.5 Å². The maximum atomic E-state index is 13.0. The van der Waals surface area contributed by atoms with Crippen molar-refractivity contribution in [3.63, 3.8) is 0 Å². The Kier molecular flexibility index (Phi) is 3.95. The Morgan fingerprint density at radius 1 is 1.11 bits per heavy atom. The molecular formula is C14H13BrFNO2. The highest BCUT2D eigenvalue weighted by Crippen LogP contribution is 2.30. The first kappa shape index (κ1) is 13.7. The van der Waals surface area contributed by atoms with Gasteiger partial charge in [-0.25, -0.2) is 4.39 Å². The fourth-order valence-corrected chi connectivity index (χ4v) is 2.26. The van der Waals surface area contributed by atoms with Crippen molar-refractivity contribution < 1.29 is 14.6 Å². The van der Waals surface area contributed by atoms with Gasteiger partial charge in [0.2, 0.25) is 0 Å². The van der Waals surface area contributed by atoms with Crippen molar-refractivity contribution in [1.29, 1.82) is 0 Å². The summed E-state index contributed by atoms with van der Waals surface area (Å²) in [4.78, 5) is 0. The maximum Gasteiger partial charge on any atom is 0.124 e. The molecule has 0 amide bonds. The molecule has 2 rings (SSSR count). The summed E-state index contributed by atoms with van der Waals surface area (Å²) in [7, 11) is 0. The van der Waals surface area contributed by atoms with Crippen LogP contribution in [-0.2, 0) is 0 Å². The van der Waals surface area contributed by atoms with Gasteiger partial charge in [-0.2, -0.15) is 0 Å². The highest BCUT2D eigenvalue weighted by atomic mass is 79.9. The smallest absolute Gasteiger partial charge is 0.124 e. The van der Waals surface area contributed by atoms with Crippen LogP contribution in [0.25, 0.3) is 0 Å². The van der Waals surface area contributed by atoms with Crippen LogP contribution in [0.5, 0.6) is 11.5 Å². The van der Waals surface area contributed by atoms with E-state index in [2.05, 4.69) is 21.2 Å². The Morgan fingerprint density at radius 3 is 2.32 bits per heavy atom. The number of anilines is 1. The highest BCUT2D eigenvalue weighted by Gasteiger charge is 2.10. The Labute approximate surface area is 118 Å². The molecule has 0 saturated carbocycles. The fraction of sp³-hybridized carbons (Fsp3) is 0.143. The van der Waals surface area contributed by atoms with Gasteiger partial charge in [-0.1, -0.05) is 0 Å². The molecule has 0 saturated heterocycles. The molecular weight excluding hydrogens is 313 g/mol. The summed E-state index contributed by atoms with van der Waals surface area (Å²) in [6, 6.07) is 8.60. The van der Waals surface area contributed by atoms with E-state index in [1.807, 2.05) is 6.92 Å². The van der Waals surface area contributed by atoms with Crippen molar-refractivity contribution >= 4 is 21.6 Å². The van der Waals surface area contributed by atoms with Crippen LogP contribution in [0.15, 0.2) is 40.9 Å². The Morgan fingerprint density at radius 2 is 1.74 bits per heavy atom. The third kappa shape index (κ3) is 3.38. The third-order valence-corrected chi connectivity index (χ3v) is 3.38. The van der Waals surface area contributed by atoms with Crippen LogP contribution >= 0.6 is 15.9 Å². The standard InChI is InChI=1S/C14H13BrFNO2/c1-8(9-4-11(18)7-12(19)5-9)17-14-3-2-10(16)6-13(14)15/h2-8,17-19H,1H3. The normalized spacial score (nSPS) is 12.2. The molecule has 0 spiro atoms. The molecule has 3 nitrogen and oxygen atoms in total. The summed E-state index contributed by atoms with van der Waals surface area (Å²) in [6.45, 7) is 1.88. The molecule has 5 heteroatoms. The van der Waals surface area contributed by atoms with E-state index in [4.69, 9.17) is 0 Å². The van der Waals surface area contributed by atoms with Gasteiger partial charge in [0.15, 0.2) is 0 Å². The first-order chi connectivity index (χ1) is 8.95. The maximum absolute atomic E-state index is 13.0. The molecule has 2 aromatic carbocycles. The van der Waals surface area contributed by atoms with Gasteiger partial charge in [0.1, 0.15) is 17.3 Å². The quantitative estimate of drug-likeness (QED) is 0.793. The van der Waals surface area contributed by atoms with Crippen LogP contribution in [0.2, 0.25) is 0 Å². The van der Waals surface area contributed by atoms with Crippen molar-refractivity contribution in [2.75, 3.05) is 5.32 Å². The number of hydrogen-bond acceptors (Lipinski definition) is 3. The predicted molar refractivity (Wildman–Crippen MR) is 75.9 cm³/mol. The van der Waals surface area contributed by atoms with Crippen molar-refractivity contribution in [1.82, 2.24) is 0 Å². The average molecular weight is 326 g/mol. The molecule has 0 aliphatic rings. The second-order valence-corrected chi connectivity index (χ2v) is 5.13. The van der Waals surface area contributed by atoms with E-state index in [1.54, 1.807) is 18.2 Å². The zero-order valence-corrected chi connectivity index (χ0v) is 11.8. The summed E-state index contributed by atoms with van der Waals surface area (Å²) in [5.41, 5.74) is 1.46. The number of halogens is 2. The van der Waals surface area contributed by atoms with Crippen LogP contribution < -0.4 is 5.32 Å². The minimum absolute atomic E-state index is 0.00169. The summed E-state index contributed by atoms with van der Waals surface area (Å²) in [6.07, 6.45) is 0. The molecule has 0 radical (unpaired) electrons. The zero-order valence-electron chi connectivity index (χ0n) is 10.2. The van der Waals surface area contributed by atoms with Gasteiger partial charge in [-0.3, -0.25) is 0 Å². The van der Waals surface area contributed by atoms with Gasteiger partial charge in [0, 0.05) is 22.3 Å². The summed E-state index contributed by atoms with van der Waals surface area (Å²) in [5.74, 6) is -0.316. The molecule has 0 heterocycles. The average Bonchev–Trinajstić information content (AvgIpc) is 2.31. The number of nitrogens with one attached hydrogen (secondary N) is 1. The molecule has 1 atom stereocenters. The van der Waals surface area contributed by atoms with Gasteiger partial charge in [0.05, 0.1) is 0 Å². The highest BCUT2D eigenvalue weighted by molar-refractivity contribution is 9.10. The molecule has 0 bridgehead atoms. The van der Waals surface area contributed by atoms with Gasteiger partial charge < -0.3 is 15.5 Å². The molecule has 0 aliphatic heterocycles. The van der Waals surface area contributed by atoms with Crippen LogP contribution in [0.1, 0.15) is 18.5 Å². The van der Waals surface area contributed by atoms with E-state index in [9.17, 15) is 14.6 Å². The van der Waals surface area contributed by atoms with Crippen molar-refractivity contribution in [3.05, 3.63) is 52.3 Å². The van der Waals surface area contributed by atoms with Gasteiger partial charge in [-0.05, 0) is 58.7 Å². The lowest BCUT2D eigenvalue weighted by Crippen LogP contribution is -2.07. The zero-order chi connectivity index (χ0) is 14.0. The van der Waals surface area contributed by atoms with Gasteiger partial charge >= 0.3 is 0 Å². The number of phenols is 2. The minimum Gasteiger partial charge on any atom is -0.508 e. The van der Waals surface area contributed by atoms with E-state index in [1.165, 1.54) is 18.2 Å². The van der Waals surface area contributed by atoms with E-state index in [0.717, 1.165) is 11.3 Å². The molecule has 1 unspecified atom stereocenters. The Hall–Kier alpha value is -1.75. The lowest BCUT2D eigenvalue weighted by molar-refractivity contribution is 0.448. The van der Waals surface area contributed by atoms with E-state index in [0.29, 0.717) is 4.47 Å². The van der Waals surface area contributed by atoms with E-state index >= 15 is 0 Å². The Bertz CT molecular complexity index is 584. The number of aromatic hydroxyl groups is 2. The minimum atomic E-state index is -0.319. The summed E-state index contributed by atoms with van der Waals surface area (Å²) >= 11 is 3.28. The van der Waals surface area contributed by atoms with Gasteiger partial charge in [-0.15, -0.1) is 0 Å². The summed E-state index contributed by atoms with van der Waals surface area (Å²) in [5, 5.41) is 22.1. The first-order valence-corrected chi connectivity index (χ1v) is 6.49. The monoisotopic (exact) mass is 325 g/mol. The van der Waals surface area contributed by atoms with Crippen LogP contribution in [0.4, 0.5) is 10.1 Å². The molecule has 19 heavy (non-hydrogen) atoms. The second-order valence-electron chi connectivity index (χ2n) is 4.27. The molecule has 0 fully saturated rings. The SMILES string of the molecule is CC(Nc1ccc(F)cc1Br)c1cc(O)cc(O)c1. The largest absolute Gasteiger partial charge is 0.508 e. The Balaban J connectivity index is 2.22. The molecule has 2 aromatic rings. The van der Waals surface area contributed by atoms with Crippen LogP contribution in [0.3, 0.4) is 0 Å². The summed E-state index contributed by atoms with van der Waals surface area (Å²) < 4.78 is 13.6. The molecule has 0 aromatic heterocycles.